The van der Waals surface area contributed by atoms with Gasteiger partial charge in [-0.1, -0.05) is 11.6 Å². The first-order valence-electron chi connectivity index (χ1n) is 6.41. The number of amides is 1. The van der Waals surface area contributed by atoms with Crippen molar-refractivity contribution >= 4 is 6.09 Å². The number of allylic oxidation sites excluding steroid dienone is 2. The molecule has 0 N–H and O–H groups in total. The second-order valence-electron chi connectivity index (χ2n) is 6.05. The van der Waals surface area contributed by atoms with Crippen LogP contribution in [0.4, 0.5) is 4.79 Å². The molecular formula is C14H25NO2. The molecule has 1 aliphatic rings. The van der Waals surface area contributed by atoms with Crippen LogP contribution in [0.3, 0.4) is 0 Å². The van der Waals surface area contributed by atoms with Gasteiger partial charge in [0.15, 0.2) is 0 Å². The van der Waals surface area contributed by atoms with Gasteiger partial charge in [-0.25, -0.2) is 4.79 Å². The molecule has 0 unspecified atom stereocenters. The molecule has 0 aliphatic carbocycles. The zero-order chi connectivity index (χ0) is 13.1. The van der Waals surface area contributed by atoms with Crippen molar-refractivity contribution in [3.63, 3.8) is 0 Å². The quantitative estimate of drug-likeness (QED) is 0.654. The van der Waals surface area contributed by atoms with Crippen molar-refractivity contribution in [2.24, 2.45) is 5.92 Å². The van der Waals surface area contributed by atoms with E-state index in [-0.39, 0.29) is 6.09 Å². The maximum absolute atomic E-state index is 11.8. The van der Waals surface area contributed by atoms with E-state index < -0.39 is 5.60 Å². The van der Waals surface area contributed by atoms with Crippen LogP contribution < -0.4 is 0 Å². The molecule has 0 saturated carbocycles. The molecule has 0 aromatic rings. The molecule has 1 aliphatic heterocycles. The molecule has 1 saturated heterocycles. The third kappa shape index (κ3) is 5.24. The number of carbonyl (C=O) groups is 1. The Hall–Kier alpha value is -0.990. The number of hydrogen-bond acceptors (Lipinski definition) is 2. The molecule has 0 bridgehead atoms. The highest BCUT2D eigenvalue weighted by Gasteiger charge is 2.25. The number of likely N-dealkylation sites (tertiary alicyclic amines) is 1. The van der Waals surface area contributed by atoms with Crippen molar-refractivity contribution in [3.05, 3.63) is 11.6 Å². The number of carbonyl (C=O) groups excluding carboxylic acids is 1. The van der Waals surface area contributed by atoms with Crippen LogP contribution in [-0.4, -0.2) is 29.7 Å². The van der Waals surface area contributed by atoms with Crippen molar-refractivity contribution in [1.82, 2.24) is 4.90 Å². The Kier molecular flexibility index (Phi) is 4.61. The predicted molar refractivity (Wildman–Crippen MR) is 70.0 cm³/mol. The Morgan fingerprint density at radius 1 is 1.24 bits per heavy atom. The second kappa shape index (κ2) is 5.56. The summed E-state index contributed by atoms with van der Waals surface area (Å²) in [6.45, 7) is 11.6. The SMILES string of the molecule is CC(C)=CC1CCN(C(=O)OC(C)(C)C)CC1. The number of rotatable bonds is 1. The molecule has 1 heterocycles. The van der Waals surface area contributed by atoms with Gasteiger partial charge < -0.3 is 9.64 Å². The molecule has 0 radical (unpaired) electrons. The van der Waals surface area contributed by atoms with Crippen LogP contribution >= 0.6 is 0 Å². The van der Waals surface area contributed by atoms with E-state index in [1.807, 2.05) is 25.7 Å². The first kappa shape index (κ1) is 14.1. The lowest BCUT2D eigenvalue weighted by atomic mass is 9.95. The Balaban J connectivity index is 2.42. The van der Waals surface area contributed by atoms with Gasteiger partial charge in [-0.15, -0.1) is 0 Å². The van der Waals surface area contributed by atoms with E-state index in [0.717, 1.165) is 25.9 Å². The molecule has 3 heteroatoms. The van der Waals surface area contributed by atoms with Gasteiger partial charge in [-0.2, -0.15) is 0 Å². The van der Waals surface area contributed by atoms with E-state index in [4.69, 9.17) is 4.74 Å². The third-order valence-corrected chi connectivity index (χ3v) is 2.76. The number of nitrogens with zero attached hydrogens (tertiary/aromatic N) is 1. The first-order chi connectivity index (χ1) is 7.78. The largest absolute Gasteiger partial charge is 0.444 e. The van der Waals surface area contributed by atoms with Gasteiger partial charge in [0, 0.05) is 13.1 Å². The highest BCUT2D eigenvalue weighted by molar-refractivity contribution is 5.68. The lowest BCUT2D eigenvalue weighted by molar-refractivity contribution is 0.0197. The van der Waals surface area contributed by atoms with Crippen LogP contribution in [-0.2, 0) is 4.74 Å². The summed E-state index contributed by atoms with van der Waals surface area (Å²) in [6.07, 6.45) is 4.23. The lowest BCUT2D eigenvalue weighted by Gasteiger charge is -2.32. The molecule has 0 spiro atoms. The molecule has 0 atom stereocenters. The lowest BCUT2D eigenvalue weighted by Crippen LogP contribution is -2.41. The van der Waals surface area contributed by atoms with Crippen molar-refractivity contribution in [2.45, 2.75) is 53.1 Å². The molecule has 1 fully saturated rings. The molecule has 3 nitrogen and oxygen atoms in total. The number of hydrogen-bond donors (Lipinski definition) is 0. The summed E-state index contributed by atoms with van der Waals surface area (Å²) in [5, 5.41) is 0. The van der Waals surface area contributed by atoms with Crippen molar-refractivity contribution in [3.8, 4) is 0 Å². The molecule has 98 valence electrons. The first-order valence-corrected chi connectivity index (χ1v) is 6.41. The van der Waals surface area contributed by atoms with Crippen molar-refractivity contribution in [2.75, 3.05) is 13.1 Å². The molecule has 1 amide bonds. The van der Waals surface area contributed by atoms with Gasteiger partial charge in [0.05, 0.1) is 0 Å². The third-order valence-electron chi connectivity index (χ3n) is 2.76. The van der Waals surface area contributed by atoms with Crippen molar-refractivity contribution < 1.29 is 9.53 Å². The monoisotopic (exact) mass is 239 g/mol. The van der Waals surface area contributed by atoms with Gasteiger partial charge in [-0.05, 0) is 53.4 Å². The predicted octanol–water partition coefficient (Wildman–Crippen LogP) is 3.60. The van der Waals surface area contributed by atoms with E-state index in [1.54, 1.807) is 0 Å². The van der Waals surface area contributed by atoms with E-state index in [0.29, 0.717) is 5.92 Å². The summed E-state index contributed by atoms with van der Waals surface area (Å²) >= 11 is 0. The van der Waals surface area contributed by atoms with Crippen LogP contribution in [0.2, 0.25) is 0 Å². The van der Waals surface area contributed by atoms with Crippen LogP contribution in [0.5, 0.6) is 0 Å². The standard InChI is InChI=1S/C14H25NO2/c1-11(2)10-12-6-8-15(9-7-12)13(16)17-14(3,4)5/h10,12H,6-9H2,1-5H3. The van der Waals surface area contributed by atoms with Crippen LogP contribution in [0.25, 0.3) is 0 Å². The van der Waals surface area contributed by atoms with Gasteiger partial charge >= 0.3 is 6.09 Å². The second-order valence-corrected chi connectivity index (χ2v) is 6.05. The fraction of sp³-hybridized carbons (Fsp3) is 0.786. The van der Waals surface area contributed by atoms with Crippen molar-refractivity contribution in [1.29, 1.82) is 0 Å². The summed E-state index contributed by atoms with van der Waals surface area (Å²) in [6, 6.07) is 0. The average Bonchev–Trinajstić information content (AvgIpc) is 2.15. The van der Waals surface area contributed by atoms with E-state index >= 15 is 0 Å². The normalized spacial score (nSPS) is 17.8. The molecule has 0 aromatic heterocycles. The Morgan fingerprint density at radius 3 is 2.18 bits per heavy atom. The zero-order valence-corrected chi connectivity index (χ0v) is 11.7. The Labute approximate surface area is 105 Å². The summed E-state index contributed by atoms with van der Waals surface area (Å²) in [5.41, 5.74) is 0.967. The van der Waals surface area contributed by atoms with Gasteiger partial charge in [0.1, 0.15) is 5.60 Å². The maximum Gasteiger partial charge on any atom is 0.410 e. The topological polar surface area (TPSA) is 29.5 Å². The minimum absolute atomic E-state index is 0.173. The van der Waals surface area contributed by atoms with E-state index in [1.165, 1.54) is 5.57 Å². The summed E-state index contributed by atoms with van der Waals surface area (Å²) in [7, 11) is 0. The summed E-state index contributed by atoms with van der Waals surface area (Å²) in [4.78, 5) is 13.7. The van der Waals surface area contributed by atoms with Crippen LogP contribution in [0.1, 0.15) is 47.5 Å². The van der Waals surface area contributed by atoms with E-state index in [2.05, 4.69) is 19.9 Å². The highest BCUT2D eigenvalue weighted by Crippen LogP contribution is 2.21. The molecular weight excluding hydrogens is 214 g/mol. The smallest absolute Gasteiger partial charge is 0.410 e. The fourth-order valence-corrected chi connectivity index (χ4v) is 2.05. The van der Waals surface area contributed by atoms with Gasteiger partial charge in [0.2, 0.25) is 0 Å². The minimum atomic E-state index is -0.395. The zero-order valence-electron chi connectivity index (χ0n) is 11.7. The molecule has 17 heavy (non-hydrogen) atoms. The average molecular weight is 239 g/mol. The van der Waals surface area contributed by atoms with Crippen LogP contribution in [0, 0.1) is 5.92 Å². The fourth-order valence-electron chi connectivity index (χ4n) is 2.05. The van der Waals surface area contributed by atoms with Crippen LogP contribution in [0.15, 0.2) is 11.6 Å². The van der Waals surface area contributed by atoms with Gasteiger partial charge in [-0.3, -0.25) is 0 Å². The number of piperidine rings is 1. The Morgan fingerprint density at radius 2 is 1.76 bits per heavy atom. The maximum atomic E-state index is 11.8. The molecule has 0 aromatic carbocycles. The summed E-state index contributed by atoms with van der Waals surface area (Å²) in [5.74, 6) is 0.624. The summed E-state index contributed by atoms with van der Waals surface area (Å²) < 4.78 is 5.37. The minimum Gasteiger partial charge on any atom is -0.444 e. The number of ether oxygens (including phenoxy) is 1. The van der Waals surface area contributed by atoms with Gasteiger partial charge in [0.25, 0.3) is 0 Å². The Bertz CT molecular complexity index is 290. The highest BCUT2D eigenvalue weighted by atomic mass is 16.6. The van der Waals surface area contributed by atoms with E-state index in [9.17, 15) is 4.79 Å². The molecule has 1 rings (SSSR count).